The molecular formula is C18H21BrFN6O7P. The normalized spacial score (nSPS) is 22.3. The molecule has 0 radical (unpaired) electrons. The predicted molar refractivity (Wildman–Crippen MR) is 120 cm³/mol. The maximum Gasteiger partial charge on any atom is 0.481 e. The zero-order chi connectivity index (χ0) is 24.5. The van der Waals surface area contributed by atoms with Crippen LogP contribution in [0.15, 0.2) is 40.1 Å². The highest BCUT2D eigenvalue weighted by atomic mass is 79.9. The fourth-order valence-electron chi connectivity index (χ4n) is 3.31. The monoisotopic (exact) mass is 562 g/mol. The van der Waals surface area contributed by atoms with Crippen molar-refractivity contribution >= 4 is 34.7 Å². The Balaban J connectivity index is 1.51. The topological polar surface area (TPSA) is 154 Å². The first kappa shape index (κ1) is 24.7. The molecule has 4 rings (SSSR count). The Morgan fingerprint density at radius 1 is 1.41 bits per heavy atom. The first-order chi connectivity index (χ1) is 16.2. The third-order valence-electron chi connectivity index (χ3n) is 5.17. The number of ether oxygens (including phenoxy) is 1. The number of para-hydroxylation sites is 1. The number of alkyl halides is 1. The summed E-state index contributed by atoms with van der Waals surface area (Å²) in [6, 6.07) is 6.90. The van der Waals surface area contributed by atoms with Crippen molar-refractivity contribution in [2.75, 3.05) is 25.5 Å². The van der Waals surface area contributed by atoms with E-state index >= 15 is 0 Å². The fourth-order valence-corrected chi connectivity index (χ4v) is 5.48. The van der Waals surface area contributed by atoms with Crippen LogP contribution in [0, 0.1) is 5.82 Å². The molecule has 3 heterocycles. The van der Waals surface area contributed by atoms with Gasteiger partial charge in [0.25, 0.3) is 5.56 Å². The molecule has 4 atom stereocenters. The first-order valence-corrected chi connectivity index (χ1v) is 12.7. The molecule has 3 aromatic rings. The highest BCUT2D eigenvalue weighted by Crippen LogP contribution is 2.48. The van der Waals surface area contributed by atoms with Crippen LogP contribution in [0.4, 0.5) is 4.39 Å². The molecule has 16 heteroatoms. The molecule has 1 fully saturated rings. The van der Waals surface area contributed by atoms with E-state index in [2.05, 4.69) is 26.2 Å². The highest BCUT2D eigenvalue weighted by molar-refractivity contribution is 9.09. The second kappa shape index (κ2) is 10.1. The van der Waals surface area contributed by atoms with Crippen molar-refractivity contribution in [1.29, 1.82) is 0 Å². The van der Waals surface area contributed by atoms with Gasteiger partial charge in [0.05, 0.1) is 18.9 Å². The van der Waals surface area contributed by atoms with Crippen LogP contribution in [0.3, 0.4) is 0 Å². The van der Waals surface area contributed by atoms with Crippen molar-refractivity contribution in [2.24, 2.45) is 0 Å². The number of nitrogens with one attached hydrogen (secondary N) is 1. The Hall–Kier alpha value is -2.42. The van der Waals surface area contributed by atoms with Gasteiger partial charge in [-0.15, -0.1) is 5.10 Å². The number of hydrogen-bond acceptors (Lipinski definition) is 9. The highest BCUT2D eigenvalue weighted by Gasteiger charge is 2.40. The standard InChI is InChI=1S/C18H21BrFN6O7P/c1-24(7-6-19)34(30,33-26-13-5-3-2-4-12(13)22-23-26)31-10-15-14(27)8-16(32-15)25-9-11(20)17(28)21-18(25)29/h2-5,9,14-16,27H,6-8,10H2,1H3,(H,21,28,29)/t14-,15+,16+,34?/m0/s1. The zero-order valence-electron chi connectivity index (χ0n) is 17.8. The molecule has 2 N–H and O–H groups in total. The van der Waals surface area contributed by atoms with E-state index in [9.17, 15) is 23.7 Å². The second-order valence-electron chi connectivity index (χ2n) is 7.44. The summed E-state index contributed by atoms with van der Waals surface area (Å²) in [5.41, 5.74) is -1.06. The van der Waals surface area contributed by atoms with Gasteiger partial charge in [0, 0.05) is 18.3 Å². The Morgan fingerprint density at radius 2 is 2.18 bits per heavy atom. The van der Waals surface area contributed by atoms with Crippen molar-refractivity contribution < 1.29 is 27.9 Å². The van der Waals surface area contributed by atoms with E-state index in [0.717, 1.165) is 9.41 Å². The van der Waals surface area contributed by atoms with Crippen LogP contribution < -0.4 is 15.9 Å². The van der Waals surface area contributed by atoms with Gasteiger partial charge in [0.1, 0.15) is 23.4 Å². The van der Waals surface area contributed by atoms with Gasteiger partial charge in [-0.05, 0) is 24.4 Å². The lowest BCUT2D eigenvalue weighted by Crippen LogP contribution is -2.34. The lowest BCUT2D eigenvalue weighted by molar-refractivity contribution is -0.0459. The second-order valence-corrected chi connectivity index (χ2v) is 10.3. The first-order valence-electron chi connectivity index (χ1n) is 10.1. The lowest BCUT2D eigenvalue weighted by Gasteiger charge is -2.27. The number of aromatic amines is 1. The van der Waals surface area contributed by atoms with E-state index in [-0.39, 0.29) is 19.6 Å². The molecule has 1 aliphatic rings. The summed E-state index contributed by atoms with van der Waals surface area (Å²) in [7, 11) is -2.49. The Bertz CT molecular complexity index is 1330. The molecule has 34 heavy (non-hydrogen) atoms. The number of nitrogens with zero attached hydrogens (tertiary/aromatic N) is 5. The zero-order valence-corrected chi connectivity index (χ0v) is 20.3. The minimum absolute atomic E-state index is 0.0878. The summed E-state index contributed by atoms with van der Waals surface area (Å²) in [4.78, 5) is 26.1. The van der Waals surface area contributed by atoms with E-state index < -0.39 is 43.2 Å². The minimum Gasteiger partial charge on any atom is -0.390 e. The van der Waals surface area contributed by atoms with Crippen molar-refractivity contribution in [3.63, 3.8) is 0 Å². The molecule has 13 nitrogen and oxygen atoms in total. The van der Waals surface area contributed by atoms with Crippen molar-refractivity contribution in [2.45, 2.75) is 24.9 Å². The average molecular weight is 563 g/mol. The third-order valence-corrected chi connectivity index (χ3v) is 7.40. The van der Waals surface area contributed by atoms with Crippen LogP contribution >= 0.6 is 23.7 Å². The molecule has 1 unspecified atom stereocenters. The maximum atomic E-state index is 13.7. The van der Waals surface area contributed by atoms with Crippen LogP contribution in [0.2, 0.25) is 0 Å². The molecule has 0 amide bonds. The molecule has 2 aromatic heterocycles. The number of hydrogen-bond donors (Lipinski definition) is 2. The number of aliphatic hydroxyl groups is 1. The quantitative estimate of drug-likeness (QED) is 0.280. The van der Waals surface area contributed by atoms with Gasteiger partial charge >= 0.3 is 13.4 Å². The summed E-state index contributed by atoms with van der Waals surface area (Å²) in [5.74, 6) is -1.17. The summed E-state index contributed by atoms with van der Waals surface area (Å²) in [5, 5.41) is 18.7. The number of H-pyrrole nitrogens is 1. The van der Waals surface area contributed by atoms with Gasteiger partial charge in [-0.1, -0.05) is 32.9 Å². The number of benzene rings is 1. The number of aliphatic hydroxyl groups excluding tert-OH is 1. The van der Waals surface area contributed by atoms with E-state index in [0.29, 0.717) is 22.6 Å². The average Bonchev–Trinajstić information content (AvgIpc) is 3.38. The van der Waals surface area contributed by atoms with Gasteiger partial charge in [-0.25, -0.2) is 9.36 Å². The van der Waals surface area contributed by atoms with Gasteiger partial charge < -0.3 is 14.5 Å². The molecule has 1 aromatic carbocycles. The Labute approximate surface area is 199 Å². The van der Waals surface area contributed by atoms with Crippen molar-refractivity contribution in [1.82, 2.24) is 29.4 Å². The number of halogens is 2. The fraction of sp³-hybridized carbons (Fsp3) is 0.444. The van der Waals surface area contributed by atoms with E-state index in [4.69, 9.17) is 13.9 Å². The molecule has 1 saturated heterocycles. The van der Waals surface area contributed by atoms with Gasteiger partial charge in [-0.3, -0.25) is 18.9 Å². The van der Waals surface area contributed by atoms with Gasteiger partial charge in [0.2, 0.25) is 5.82 Å². The number of aromatic nitrogens is 5. The summed E-state index contributed by atoms with van der Waals surface area (Å²) in [6.45, 7) is -0.0958. The summed E-state index contributed by atoms with van der Waals surface area (Å²) >= 11 is 3.28. The third kappa shape index (κ3) is 4.99. The van der Waals surface area contributed by atoms with E-state index in [1.165, 1.54) is 11.7 Å². The van der Waals surface area contributed by atoms with Crippen molar-refractivity contribution in [3.05, 3.63) is 57.1 Å². The van der Waals surface area contributed by atoms with Crippen LogP contribution in [0.1, 0.15) is 12.6 Å². The number of rotatable bonds is 9. The van der Waals surface area contributed by atoms with Crippen LogP contribution in [-0.2, 0) is 13.8 Å². The van der Waals surface area contributed by atoms with Crippen molar-refractivity contribution in [3.8, 4) is 0 Å². The molecule has 0 spiro atoms. The molecule has 0 bridgehead atoms. The molecule has 184 valence electrons. The molecular weight excluding hydrogens is 542 g/mol. The molecule has 0 aliphatic carbocycles. The van der Waals surface area contributed by atoms with Gasteiger partial charge in [-0.2, -0.15) is 9.06 Å². The maximum absolute atomic E-state index is 13.7. The smallest absolute Gasteiger partial charge is 0.390 e. The molecule has 0 saturated carbocycles. The Kier molecular flexibility index (Phi) is 7.31. The molecule has 1 aliphatic heterocycles. The van der Waals surface area contributed by atoms with E-state index in [1.807, 2.05) is 4.98 Å². The Morgan fingerprint density at radius 3 is 2.94 bits per heavy atom. The predicted octanol–water partition coefficient (Wildman–Crippen LogP) is 0.649. The largest absolute Gasteiger partial charge is 0.481 e. The minimum atomic E-state index is -4.02. The SMILES string of the molecule is CN(CCBr)P(=O)(OC[C@H]1O[C@@H](n2cc(F)c(=O)[nH]c2=O)C[C@@H]1O)On1nnc2ccccc21. The lowest BCUT2D eigenvalue weighted by atomic mass is 10.2. The van der Waals surface area contributed by atoms with Crippen LogP contribution in [0.25, 0.3) is 11.0 Å². The summed E-state index contributed by atoms with van der Waals surface area (Å²) in [6.07, 6.45) is -2.60. The van der Waals surface area contributed by atoms with Crippen LogP contribution in [0.5, 0.6) is 0 Å². The summed E-state index contributed by atoms with van der Waals surface area (Å²) < 4.78 is 46.4. The van der Waals surface area contributed by atoms with E-state index in [1.54, 1.807) is 24.3 Å². The van der Waals surface area contributed by atoms with Crippen LogP contribution in [-0.4, -0.2) is 72.2 Å². The number of fused-ring (bicyclic) bond motifs is 1. The van der Waals surface area contributed by atoms with Gasteiger partial charge in [0.15, 0.2) is 0 Å².